The number of benzene rings is 1. The minimum atomic E-state index is -0.448. The minimum Gasteiger partial charge on any atom is -0.365 e. The summed E-state index contributed by atoms with van der Waals surface area (Å²) in [6.45, 7) is 0. The van der Waals surface area contributed by atoms with Crippen molar-refractivity contribution >= 4 is 50.5 Å². The Morgan fingerprint density at radius 2 is 1.96 bits per heavy atom. The van der Waals surface area contributed by atoms with Crippen molar-refractivity contribution in [3.05, 3.63) is 47.6 Å². The lowest BCUT2D eigenvalue weighted by molar-refractivity contribution is -0.113. The smallest absolute Gasteiger partial charge is 0.258 e. The molecule has 0 radical (unpaired) electrons. The van der Waals surface area contributed by atoms with Crippen LogP contribution in [0.1, 0.15) is 9.67 Å². The van der Waals surface area contributed by atoms with Gasteiger partial charge in [0.1, 0.15) is 5.88 Å². The zero-order chi connectivity index (χ0) is 16.4. The highest BCUT2D eigenvalue weighted by molar-refractivity contribution is 7.20. The molecule has 0 aliphatic carbocycles. The Bertz CT molecular complexity index is 890. The molecule has 0 unspecified atom stereocenters. The van der Waals surface area contributed by atoms with Gasteiger partial charge in [0, 0.05) is 29.0 Å². The van der Waals surface area contributed by atoms with Crippen LogP contribution in [0.5, 0.6) is 0 Å². The molecule has 1 aromatic carbocycles. The Morgan fingerprint density at radius 1 is 1.22 bits per heavy atom. The molecule has 0 saturated heterocycles. The van der Waals surface area contributed by atoms with E-state index in [1.807, 2.05) is 12.1 Å². The summed E-state index contributed by atoms with van der Waals surface area (Å²) in [5, 5.41) is 3.61. The zero-order valence-corrected chi connectivity index (χ0v) is 13.4. The molecule has 0 aliphatic rings. The van der Waals surface area contributed by atoms with Crippen molar-refractivity contribution in [2.24, 2.45) is 5.73 Å². The highest BCUT2D eigenvalue weighted by Gasteiger charge is 2.11. The van der Waals surface area contributed by atoms with Crippen molar-refractivity contribution in [1.82, 2.24) is 4.98 Å². The van der Waals surface area contributed by atoms with Crippen LogP contribution < -0.4 is 11.1 Å². The van der Waals surface area contributed by atoms with Crippen LogP contribution in [0.25, 0.3) is 21.2 Å². The predicted molar refractivity (Wildman–Crippen MR) is 92.9 cm³/mol. The maximum Gasteiger partial charge on any atom is 0.258 e. The summed E-state index contributed by atoms with van der Waals surface area (Å²) in [6.07, 6.45) is 3.46. The molecular formula is C16H12ClN3O2S. The number of hydrogen-bond acceptors (Lipinski definition) is 4. The monoisotopic (exact) mass is 345 g/mol. The third kappa shape index (κ3) is 3.18. The van der Waals surface area contributed by atoms with Gasteiger partial charge in [-0.05, 0) is 23.8 Å². The summed E-state index contributed by atoms with van der Waals surface area (Å²) in [5.41, 5.74) is 7.85. The van der Waals surface area contributed by atoms with Gasteiger partial charge in [-0.25, -0.2) is 0 Å². The molecule has 0 aliphatic heterocycles. The van der Waals surface area contributed by atoms with Gasteiger partial charge in [0.25, 0.3) is 5.91 Å². The Kier molecular flexibility index (Phi) is 4.27. The Hall–Kier alpha value is -2.44. The van der Waals surface area contributed by atoms with Gasteiger partial charge in [0.05, 0.1) is 9.58 Å². The number of carbonyl (C=O) groups is 2. The summed E-state index contributed by atoms with van der Waals surface area (Å²) in [6, 6.07) is 9.12. The maximum atomic E-state index is 11.4. The Labute approximate surface area is 141 Å². The number of hydrogen-bond donors (Lipinski definition) is 2. The first-order valence-corrected chi connectivity index (χ1v) is 8.07. The molecule has 3 aromatic rings. The lowest BCUT2D eigenvalue weighted by Gasteiger charge is -2.06. The average Bonchev–Trinajstić information content (AvgIpc) is 3.00. The predicted octanol–water partition coefficient (Wildman–Crippen LogP) is 3.24. The molecule has 2 aromatic heterocycles. The molecule has 3 rings (SSSR count). The van der Waals surface area contributed by atoms with E-state index in [9.17, 15) is 9.59 Å². The van der Waals surface area contributed by atoms with Gasteiger partial charge in [-0.3, -0.25) is 14.6 Å². The van der Waals surface area contributed by atoms with Crippen molar-refractivity contribution in [2.75, 3.05) is 11.2 Å². The lowest BCUT2D eigenvalue weighted by Crippen LogP contribution is -2.12. The topological polar surface area (TPSA) is 85.1 Å². The number of rotatable bonds is 4. The molecule has 0 atom stereocenters. The second kappa shape index (κ2) is 6.36. The van der Waals surface area contributed by atoms with Crippen LogP contribution in [-0.4, -0.2) is 22.7 Å². The van der Waals surface area contributed by atoms with E-state index in [2.05, 4.69) is 10.3 Å². The number of aromatic nitrogens is 1. The van der Waals surface area contributed by atoms with E-state index in [1.165, 1.54) is 11.3 Å². The number of nitrogens with one attached hydrogen (secondary N) is 1. The first-order chi connectivity index (χ1) is 11.1. The number of carbonyl (C=O) groups excluding carboxylic acids is 2. The SMILES string of the molecule is NC(=O)c1cc2c(-c3ccc(NC(=O)CCl)cc3)cncc2s1. The van der Waals surface area contributed by atoms with Gasteiger partial charge in [-0.15, -0.1) is 22.9 Å². The highest BCUT2D eigenvalue weighted by atomic mass is 35.5. The van der Waals surface area contributed by atoms with E-state index in [-0.39, 0.29) is 11.8 Å². The first-order valence-electron chi connectivity index (χ1n) is 6.72. The number of halogens is 1. The molecule has 116 valence electrons. The summed E-state index contributed by atoms with van der Waals surface area (Å²) < 4.78 is 0.899. The van der Waals surface area contributed by atoms with Gasteiger partial charge < -0.3 is 11.1 Å². The fourth-order valence-electron chi connectivity index (χ4n) is 2.24. The van der Waals surface area contributed by atoms with Crippen LogP contribution >= 0.6 is 22.9 Å². The van der Waals surface area contributed by atoms with Crippen LogP contribution in [-0.2, 0) is 4.79 Å². The van der Waals surface area contributed by atoms with E-state index in [4.69, 9.17) is 17.3 Å². The number of alkyl halides is 1. The van der Waals surface area contributed by atoms with Gasteiger partial charge >= 0.3 is 0 Å². The number of primary amides is 1. The summed E-state index contributed by atoms with van der Waals surface area (Å²) >= 11 is 6.79. The van der Waals surface area contributed by atoms with E-state index >= 15 is 0 Å². The molecule has 0 saturated carbocycles. The molecule has 0 fully saturated rings. The molecule has 0 bridgehead atoms. The fourth-order valence-corrected chi connectivity index (χ4v) is 3.21. The third-order valence-electron chi connectivity index (χ3n) is 3.29. The van der Waals surface area contributed by atoms with Crippen LogP contribution in [0.2, 0.25) is 0 Å². The third-order valence-corrected chi connectivity index (χ3v) is 4.62. The average molecular weight is 346 g/mol. The molecule has 5 nitrogen and oxygen atoms in total. The quantitative estimate of drug-likeness (QED) is 0.712. The lowest BCUT2D eigenvalue weighted by atomic mass is 10.0. The maximum absolute atomic E-state index is 11.4. The second-order valence-corrected chi connectivity index (χ2v) is 6.18. The van der Waals surface area contributed by atoms with Gasteiger partial charge in [0.15, 0.2) is 0 Å². The van der Waals surface area contributed by atoms with Crippen molar-refractivity contribution < 1.29 is 9.59 Å². The van der Waals surface area contributed by atoms with Crippen molar-refractivity contribution in [1.29, 1.82) is 0 Å². The highest BCUT2D eigenvalue weighted by Crippen LogP contribution is 2.33. The van der Waals surface area contributed by atoms with Crippen LogP contribution in [0.15, 0.2) is 42.7 Å². The van der Waals surface area contributed by atoms with Gasteiger partial charge in [-0.1, -0.05) is 12.1 Å². The number of amides is 2. The molecule has 23 heavy (non-hydrogen) atoms. The van der Waals surface area contributed by atoms with Crippen molar-refractivity contribution in [3.63, 3.8) is 0 Å². The second-order valence-electron chi connectivity index (χ2n) is 4.83. The van der Waals surface area contributed by atoms with Gasteiger partial charge in [0.2, 0.25) is 5.91 Å². The molecule has 2 amide bonds. The largest absolute Gasteiger partial charge is 0.365 e. The number of pyridine rings is 1. The number of anilines is 1. The van der Waals surface area contributed by atoms with Crippen molar-refractivity contribution in [2.45, 2.75) is 0 Å². The molecule has 2 heterocycles. The summed E-state index contributed by atoms with van der Waals surface area (Å²) in [7, 11) is 0. The summed E-state index contributed by atoms with van der Waals surface area (Å²) in [4.78, 5) is 27.4. The fraction of sp³-hybridized carbons (Fsp3) is 0.0625. The molecule has 7 heteroatoms. The Balaban J connectivity index is 1.99. The van der Waals surface area contributed by atoms with Crippen molar-refractivity contribution in [3.8, 4) is 11.1 Å². The van der Waals surface area contributed by atoms with E-state index in [0.29, 0.717) is 10.6 Å². The van der Waals surface area contributed by atoms with Crippen LogP contribution in [0, 0.1) is 0 Å². The summed E-state index contributed by atoms with van der Waals surface area (Å²) in [5.74, 6) is -0.793. The molecular weight excluding hydrogens is 334 g/mol. The van der Waals surface area contributed by atoms with Gasteiger partial charge in [-0.2, -0.15) is 0 Å². The molecule has 0 spiro atoms. The standard InChI is InChI=1S/C16H12ClN3O2S/c17-6-15(21)20-10-3-1-9(2-4-10)12-7-19-8-14-11(12)5-13(23-14)16(18)22/h1-5,7-8H,6H2,(H2,18,22)(H,20,21). The number of nitrogens with zero attached hydrogens (tertiary/aromatic N) is 1. The van der Waals surface area contributed by atoms with E-state index < -0.39 is 5.91 Å². The van der Waals surface area contributed by atoms with Crippen LogP contribution in [0.3, 0.4) is 0 Å². The Morgan fingerprint density at radius 3 is 2.61 bits per heavy atom. The van der Waals surface area contributed by atoms with E-state index in [1.54, 1.807) is 30.6 Å². The first kappa shape index (κ1) is 15.5. The molecule has 3 N–H and O–H groups in total. The number of fused-ring (bicyclic) bond motifs is 1. The normalized spacial score (nSPS) is 10.7. The van der Waals surface area contributed by atoms with E-state index in [0.717, 1.165) is 21.2 Å². The van der Waals surface area contributed by atoms with Crippen LogP contribution in [0.4, 0.5) is 5.69 Å². The zero-order valence-electron chi connectivity index (χ0n) is 11.9. The number of thiophene rings is 1. The number of nitrogens with two attached hydrogens (primary N) is 1. The minimum absolute atomic E-state index is 0.0875.